The van der Waals surface area contributed by atoms with Gasteiger partial charge in [0.2, 0.25) is 11.1 Å². The number of nitrogens with one attached hydrogen (secondary N) is 2. The van der Waals surface area contributed by atoms with Crippen LogP contribution in [0.1, 0.15) is 35.2 Å². The predicted octanol–water partition coefficient (Wildman–Crippen LogP) is 8.82. The van der Waals surface area contributed by atoms with Crippen LogP contribution in [0.4, 0.5) is 11.6 Å². The predicted molar refractivity (Wildman–Crippen MR) is 193 cm³/mol. The van der Waals surface area contributed by atoms with Gasteiger partial charge >= 0.3 is 0 Å². The average molecular weight is 747 g/mol. The summed E-state index contributed by atoms with van der Waals surface area (Å²) in [7, 11) is 3.16. The van der Waals surface area contributed by atoms with Crippen LogP contribution in [0.15, 0.2) is 106 Å². The normalized spacial score (nSPS) is 13.8. The first-order valence-electron chi connectivity index (χ1n) is 15.1. The molecule has 2 heterocycles. The molecule has 0 aliphatic carbocycles. The van der Waals surface area contributed by atoms with E-state index in [1.165, 1.54) is 11.8 Å². The zero-order valence-electron chi connectivity index (χ0n) is 26.7. The number of halogens is 2. The molecule has 0 saturated heterocycles. The Hall–Kier alpha value is -4.45. The number of amides is 1. The van der Waals surface area contributed by atoms with E-state index in [4.69, 9.17) is 35.9 Å². The highest BCUT2D eigenvalue weighted by Crippen LogP contribution is 2.44. The number of carbonyl (C=O) groups excluding carboxylic acids is 1. The minimum Gasteiger partial charge on any atom is -0.495 e. The topological polar surface area (TPSA) is 99.5 Å². The molecule has 1 aliphatic rings. The summed E-state index contributed by atoms with van der Waals surface area (Å²) in [5, 5.41) is 12.4. The van der Waals surface area contributed by atoms with Gasteiger partial charge in [-0.1, -0.05) is 83.5 Å². The monoisotopic (exact) mass is 745 g/mol. The lowest BCUT2D eigenvalue weighted by Gasteiger charge is -2.29. The van der Waals surface area contributed by atoms with Crippen LogP contribution in [-0.2, 0) is 17.2 Å². The zero-order valence-corrected chi connectivity index (χ0v) is 29.9. The number of carbonyl (C=O) groups is 1. The van der Waals surface area contributed by atoms with Gasteiger partial charge in [0.1, 0.15) is 18.4 Å². The number of methoxy groups -OCH3 is 2. The van der Waals surface area contributed by atoms with E-state index in [1.807, 2.05) is 80.6 Å². The van der Waals surface area contributed by atoms with Crippen molar-refractivity contribution >= 4 is 56.8 Å². The highest BCUT2D eigenvalue weighted by atomic mass is 79.9. The van der Waals surface area contributed by atoms with E-state index < -0.39 is 6.04 Å². The molecule has 0 fully saturated rings. The number of thioether (sulfide) groups is 1. The number of benzene rings is 4. The Balaban J connectivity index is 1.38. The van der Waals surface area contributed by atoms with Crippen molar-refractivity contribution in [2.24, 2.45) is 0 Å². The maximum atomic E-state index is 14.2. The second kappa shape index (κ2) is 14.8. The van der Waals surface area contributed by atoms with Crippen molar-refractivity contribution in [3.05, 3.63) is 128 Å². The van der Waals surface area contributed by atoms with Gasteiger partial charge in [-0.15, -0.1) is 5.10 Å². The SMILES string of the molecule is COc1ccccc1NC(=O)C1=C(C)Nc2nc(SCc3ccccc3Cl)nn2C1c1cc(Br)c(OCc2cccc(C)c2)c(OC)c1. The molecule has 1 amide bonds. The summed E-state index contributed by atoms with van der Waals surface area (Å²) in [5.74, 6) is 2.35. The first-order valence-corrected chi connectivity index (χ1v) is 17.2. The summed E-state index contributed by atoms with van der Waals surface area (Å²) in [6.07, 6.45) is 0. The molecule has 1 aromatic heterocycles. The van der Waals surface area contributed by atoms with Gasteiger partial charge in [-0.25, -0.2) is 4.68 Å². The molecule has 9 nitrogen and oxygen atoms in total. The molecule has 6 rings (SSSR count). The van der Waals surface area contributed by atoms with Gasteiger partial charge in [-0.3, -0.25) is 4.79 Å². The van der Waals surface area contributed by atoms with Gasteiger partial charge in [0, 0.05) is 16.5 Å². The van der Waals surface area contributed by atoms with Crippen LogP contribution in [0.2, 0.25) is 5.02 Å². The van der Waals surface area contributed by atoms with Crippen molar-refractivity contribution in [3.8, 4) is 17.2 Å². The van der Waals surface area contributed by atoms with Crippen molar-refractivity contribution in [1.82, 2.24) is 14.8 Å². The summed E-state index contributed by atoms with van der Waals surface area (Å²) >= 11 is 11.6. The summed E-state index contributed by atoms with van der Waals surface area (Å²) in [4.78, 5) is 19.0. The smallest absolute Gasteiger partial charge is 0.255 e. The number of anilines is 2. The number of rotatable bonds is 11. The van der Waals surface area contributed by atoms with Crippen molar-refractivity contribution in [3.63, 3.8) is 0 Å². The summed E-state index contributed by atoms with van der Waals surface area (Å²) in [6, 6.07) is 26.2. The van der Waals surface area contributed by atoms with Crippen LogP contribution in [0, 0.1) is 6.92 Å². The fraction of sp³-hybridized carbons (Fsp3) is 0.194. The molecule has 246 valence electrons. The maximum absolute atomic E-state index is 14.2. The standard InChI is InChI=1S/C36H33BrClN5O4S/c1-21-10-9-11-23(16-21)19-47-33-26(37)17-25(18-30(33)46-4)32-31(34(44)40-28-14-7-8-15-29(28)45-3)22(2)39-35-41-36(42-43(32)35)48-20-24-12-5-6-13-27(24)38/h5-18,32H,19-20H2,1-4H3,(H,40,44)(H,39,41,42). The summed E-state index contributed by atoms with van der Waals surface area (Å²) in [5.41, 5.74) is 5.52. The Bertz CT molecular complexity index is 2020. The summed E-state index contributed by atoms with van der Waals surface area (Å²) in [6.45, 7) is 4.25. The largest absolute Gasteiger partial charge is 0.495 e. The number of hydrogen-bond acceptors (Lipinski definition) is 8. The lowest BCUT2D eigenvalue weighted by atomic mass is 9.94. The number of para-hydroxylation sites is 2. The van der Waals surface area contributed by atoms with Crippen LogP contribution in [0.5, 0.6) is 17.2 Å². The molecule has 48 heavy (non-hydrogen) atoms. The Kier molecular flexibility index (Phi) is 10.3. The first-order chi connectivity index (χ1) is 23.2. The van der Waals surface area contributed by atoms with Crippen LogP contribution in [-0.4, -0.2) is 34.9 Å². The number of aromatic nitrogens is 3. The molecule has 2 N–H and O–H groups in total. The van der Waals surface area contributed by atoms with E-state index in [0.717, 1.165) is 22.3 Å². The van der Waals surface area contributed by atoms with Crippen molar-refractivity contribution in [2.75, 3.05) is 24.9 Å². The van der Waals surface area contributed by atoms with Crippen molar-refractivity contribution in [1.29, 1.82) is 0 Å². The van der Waals surface area contributed by atoms with Crippen LogP contribution >= 0.6 is 39.3 Å². The van der Waals surface area contributed by atoms with Crippen LogP contribution < -0.4 is 24.8 Å². The lowest BCUT2D eigenvalue weighted by molar-refractivity contribution is -0.113. The highest BCUT2D eigenvalue weighted by molar-refractivity contribution is 9.10. The fourth-order valence-corrected chi connectivity index (χ4v) is 7.17. The Morgan fingerprint density at radius 2 is 1.77 bits per heavy atom. The molecular formula is C36H33BrClN5O4S. The molecule has 0 bridgehead atoms. The second-order valence-corrected chi connectivity index (χ2v) is 13.3. The van der Waals surface area contributed by atoms with E-state index >= 15 is 0 Å². The Morgan fingerprint density at radius 3 is 2.54 bits per heavy atom. The molecule has 0 spiro atoms. The number of fused-ring (bicyclic) bond motifs is 1. The molecule has 1 atom stereocenters. The molecule has 0 saturated carbocycles. The maximum Gasteiger partial charge on any atom is 0.255 e. The molecular weight excluding hydrogens is 714 g/mol. The van der Waals surface area contributed by atoms with Crippen molar-refractivity contribution in [2.45, 2.75) is 37.4 Å². The van der Waals surface area contributed by atoms with E-state index in [1.54, 1.807) is 31.0 Å². The van der Waals surface area contributed by atoms with E-state index in [-0.39, 0.29) is 5.91 Å². The Morgan fingerprint density at radius 1 is 1.00 bits per heavy atom. The molecule has 1 aliphatic heterocycles. The second-order valence-electron chi connectivity index (χ2n) is 11.1. The molecule has 4 aromatic carbocycles. The number of aryl methyl sites for hydroxylation is 1. The number of allylic oxidation sites excluding steroid dienone is 1. The quantitative estimate of drug-likeness (QED) is 0.130. The van der Waals surface area contributed by atoms with E-state index in [9.17, 15) is 4.79 Å². The first kappa shape index (κ1) is 33.5. The van der Waals surface area contributed by atoms with Crippen LogP contribution in [0.3, 0.4) is 0 Å². The third-order valence-corrected chi connectivity index (χ3v) is 9.62. The molecule has 1 unspecified atom stereocenters. The third-order valence-electron chi connectivity index (χ3n) is 7.78. The minimum absolute atomic E-state index is 0.323. The van der Waals surface area contributed by atoms with Gasteiger partial charge in [0.05, 0.1) is 30.0 Å². The summed E-state index contributed by atoms with van der Waals surface area (Å²) < 4.78 is 20.0. The highest BCUT2D eigenvalue weighted by Gasteiger charge is 2.36. The Labute approximate surface area is 296 Å². The zero-order chi connectivity index (χ0) is 33.8. The van der Waals surface area contributed by atoms with E-state index in [0.29, 0.717) is 67.2 Å². The average Bonchev–Trinajstić information content (AvgIpc) is 3.48. The third kappa shape index (κ3) is 7.18. The molecule has 5 aromatic rings. The number of hydrogen-bond donors (Lipinski definition) is 2. The number of nitrogens with zero attached hydrogens (tertiary/aromatic N) is 3. The fourth-order valence-electron chi connectivity index (χ4n) is 5.49. The van der Waals surface area contributed by atoms with Crippen LogP contribution in [0.25, 0.3) is 0 Å². The minimum atomic E-state index is -0.672. The van der Waals surface area contributed by atoms with E-state index in [2.05, 4.69) is 32.6 Å². The van der Waals surface area contributed by atoms with Gasteiger partial charge in [-0.2, -0.15) is 4.98 Å². The van der Waals surface area contributed by atoms with Gasteiger partial charge in [-0.05, 0) is 76.8 Å². The van der Waals surface area contributed by atoms with Crippen molar-refractivity contribution < 1.29 is 19.0 Å². The molecule has 12 heteroatoms. The van der Waals surface area contributed by atoms with Gasteiger partial charge in [0.25, 0.3) is 5.91 Å². The lowest BCUT2D eigenvalue weighted by Crippen LogP contribution is -2.31. The van der Waals surface area contributed by atoms with Gasteiger partial charge in [0.15, 0.2) is 11.5 Å². The molecule has 0 radical (unpaired) electrons. The van der Waals surface area contributed by atoms with Gasteiger partial charge < -0.3 is 24.8 Å². The number of ether oxygens (including phenoxy) is 3.